The highest BCUT2D eigenvalue weighted by atomic mass is 16.4. The van der Waals surface area contributed by atoms with Gasteiger partial charge in [0.1, 0.15) is 0 Å². The molecule has 0 aromatic rings. The predicted octanol–water partition coefficient (Wildman–Crippen LogP) is 10.8. The summed E-state index contributed by atoms with van der Waals surface area (Å²) in [5.74, 6) is -2.37. The molecular formula is C34H62O4. The molecule has 0 radical (unpaired) electrons. The van der Waals surface area contributed by atoms with Crippen LogP contribution in [0.4, 0.5) is 0 Å². The van der Waals surface area contributed by atoms with Crippen LogP contribution in [0.5, 0.6) is 0 Å². The van der Waals surface area contributed by atoms with Crippen LogP contribution in [0.25, 0.3) is 0 Å². The van der Waals surface area contributed by atoms with Gasteiger partial charge in [0, 0.05) is 0 Å². The van der Waals surface area contributed by atoms with E-state index in [2.05, 4.69) is 20.1 Å². The third-order valence-corrected chi connectivity index (χ3v) is 8.14. The van der Waals surface area contributed by atoms with Crippen molar-refractivity contribution in [3.8, 4) is 0 Å². The van der Waals surface area contributed by atoms with Crippen LogP contribution in [0.3, 0.4) is 0 Å². The maximum atomic E-state index is 12.4. The Labute approximate surface area is 235 Å². The van der Waals surface area contributed by atoms with E-state index in [1.54, 1.807) is 0 Å². The van der Waals surface area contributed by atoms with E-state index in [4.69, 9.17) is 0 Å². The van der Waals surface area contributed by atoms with E-state index in [1.165, 1.54) is 51.4 Å². The zero-order chi connectivity index (χ0) is 28.3. The number of allylic oxidation sites excluding steroid dienone is 2. The van der Waals surface area contributed by atoms with Gasteiger partial charge in [-0.1, -0.05) is 122 Å². The highest BCUT2D eigenvalue weighted by Gasteiger charge is 2.31. The molecule has 0 saturated carbocycles. The summed E-state index contributed by atoms with van der Waals surface area (Å²) >= 11 is 0. The first-order chi connectivity index (χ1) is 18.5. The molecule has 0 aliphatic heterocycles. The number of hydrogen-bond acceptors (Lipinski definition) is 2. The molecule has 2 N–H and O–H groups in total. The molecule has 0 amide bonds. The summed E-state index contributed by atoms with van der Waals surface area (Å²) < 4.78 is 0. The fourth-order valence-corrected chi connectivity index (χ4v) is 5.69. The van der Waals surface area contributed by atoms with Crippen LogP contribution in [0.15, 0.2) is 25.3 Å². The molecule has 38 heavy (non-hydrogen) atoms. The number of carboxylic acid groups (broad SMARTS) is 2. The van der Waals surface area contributed by atoms with Gasteiger partial charge < -0.3 is 10.2 Å². The first-order valence-electron chi connectivity index (χ1n) is 16.1. The fourth-order valence-electron chi connectivity index (χ4n) is 5.69. The number of hydrogen-bond donors (Lipinski definition) is 2. The van der Waals surface area contributed by atoms with E-state index in [0.717, 1.165) is 83.5 Å². The second kappa shape index (κ2) is 27.0. The number of unbranched alkanes of at least 4 members (excludes halogenated alkanes) is 17. The molecule has 0 aromatic heterocycles. The van der Waals surface area contributed by atoms with Crippen LogP contribution in [0.1, 0.15) is 161 Å². The van der Waals surface area contributed by atoms with E-state index in [0.29, 0.717) is 19.3 Å². The summed E-state index contributed by atoms with van der Waals surface area (Å²) in [5.41, 5.74) is 0. The average Bonchev–Trinajstić information content (AvgIpc) is 2.89. The van der Waals surface area contributed by atoms with Crippen LogP contribution in [-0.4, -0.2) is 22.2 Å². The lowest BCUT2D eigenvalue weighted by Crippen LogP contribution is -2.28. The molecule has 4 nitrogen and oxygen atoms in total. The molecule has 0 aliphatic carbocycles. The molecule has 3 atom stereocenters. The monoisotopic (exact) mass is 534 g/mol. The predicted molar refractivity (Wildman–Crippen MR) is 163 cm³/mol. The quantitative estimate of drug-likeness (QED) is 0.0709. The number of rotatable bonds is 30. The maximum Gasteiger partial charge on any atom is 0.306 e. The second-order valence-electron chi connectivity index (χ2n) is 11.5. The van der Waals surface area contributed by atoms with Crippen molar-refractivity contribution in [1.29, 1.82) is 0 Å². The maximum absolute atomic E-state index is 12.4. The molecule has 3 unspecified atom stereocenters. The van der Waals surface area contributed by atoms with E-state index >= 15 is 0 Å². The van der Waals surface area contributed by atoms with E-state index in [9.17, 15) is 19.8 Å². The van der Waals surface area contributed by atoms with Gasteiger partial charge in [-0.2, -0.15) is 0 Å². The summed E-state index contributed by atoms with van der Waals surface area (Å²) in [4.78, 5) is 24.5. The normalized spacial score (nSPS) is 13.6. The molecule has 0 aliphatic rings. The van der Waals surface area contributed by atoms with Crippen LogP contribution in [0, 0.1) is 17.8 Å². The second-order valence-corrected chi connectivity index (χ2v) is 11.5. The lowest BCUT2D eigenvalue weighted by atomic mass is 9.77. The molecule has 0 spiro atoms. The van der Waals surface area contributed by atoms with Gasteiger partial charge in [0.15, 0.2) is 0 Å². The minimum Gasteiger partial charge on any atom is -0.481 e. The topological polar surface area (TPSA) is 74.6 Å². The minimum atomic E-state index is -0.746. The van der Waals surface area contributed by atoms with Crippen molar-refractivity contribution in [1.82, 2.24) is 0 Å². The van der Waals surface area contributed by atoms with Crippen molar-refractivity contribution in [2.45, 2.75) is 161 Å². The van der Waals surface area contributed by atoms with Crippen molar-refractivity contribution < 1.29 is 19.8 Å². The van der Waals surface area contributed by atoms with Gasteiger partial charge in [0.2, 0.25) is 0 Å². The molecule has 0 aromatic carbocycles. The summed E-state index contributed by atoms with van der Waals surface area (Å²) in [7, 11) is 0. The lowest BCUT2D eigenvalue weighted by Gasteiger charge is -2.27. The highest BCUT2D eigenvalue weighted by molar-refractivity contribution is 5.71. The fraction of sp³-hybridized carbons (Fsp3) is 0.824. The number of carboxylic acids is 2. The van der Waals surface area contributed by atoms with Gasteiger partial charge in [0.05, 0.1) is 11.8 Å². The minimum absolute atomic E-state index is 0.0398. The van der Waals surface area contributed by atoms with Crippen LogP contribution >= 0.6 is 0 Å². The summed E-state index contributed by atoms with van der Waals surface area (Å²) in [6.45, 7) is 9.77. The lowest BCUT2D eigenvalue weighted by molar-refractivity contribution is -0.147. The van der Waals surface area contributed by atoms with Crippen molar-refractivity contribution in [3.63, 3.8) is 0 Å². The molecule has 0 fully saturated rings. The smallest absolute Gasteiger partial charge is 0.306 e. The third kappa shape index (κ3) is 21.4. The van der Waals surface area contributed by atoms with Gasteiger partial charge in [0.25, 0.3) is 0 Å². The highest BCUT2D eigenvalue weighted by Crippen LogP contribution is 2.33. The number of carbonyl (C=O) groups is 2. The van der Waals surface area contributed by atoms with Crippen molar-refractivity contribution in [2.75, 3.05) is 0 Å². The Morgan fingerprint density at radius 2 is 1.00 bits per heavy atom. The largest absolute Gasteiger partial charge is 0.481 e. The van der Waals surface area contributed by atoms with E-state index in [-0.39, 0.29) is 5.92 Å². The number of aliphatic carboxylic acids is 2. The van der Waals surface area contributed by atoms with Gasteiger partial charge in [-0.15, -0.1) is 13.2 Å². The van der Waals surface area contributed by atoms with Crippen molar-refractivity contribution in [3.05, 3.63) is 25.3 Å². The Balaban J connectivity index is 4.91. The van der Waals surface area contributed by atoms with Gasteiger partial charge >= 0.3 is 11.9 Å². The summed E-state index contributed by atoms with van der Waals surface area (Å²) in [6, 6.07) is 0. The molecule has 0 bridgehead atoms. The Morgan fingerprint density at radius 1 is 0.579 bits per heavy atom. The average molecular weight is 535 g/mol. The van der Waals surface area contributed by atoms with Gasteiger partial charge in [-0.05, 0) is 57.3 Å². The Kier molecular flexibility index (Phi) is 25.9. The zero-order valence-corrected chi connectivity index (χ0v) is 25.0. The first kappa shape index (κ1) is 36.4. The molecule has 4 heteroatoms. The van der Waals surface area contributed by atoms with Crippen molar-refractivity contribution >= 4 is 11.9 Å². The van der Waals surface area contributed by atoms with Crippen LogP contribution in [-0.2, 0) is 9.59 Å². The summed E-state index contributed by atoms with van der Waals surface area (Å²) in [5, 5.41) is 20.1. The van der Waals surface area contributed by atoms with E-state index < -0.39 is 23.8 Å². The molecule has 0 rings (SSSR count). The zero-order valence-electron chi connectivity index (χ0n) is 25.0. The Hall–Kier alpha value is -1.58. The molecule has 0 heterocycles. The van der Waals surface area contributed by atoms with Crippen molar-refractivity contribution in [2.24, 2.45) is 17.8 Å². The van der Waals surface area contributed by atoms with E-state index in [1.807, 2.05) is 12.2 Å². The van der Waals surface area contributed by atoms with Gasteiger partial charge in [-0.25, -0.2) is 0 Å². The summed E-state index contributed by atoms with van der Waals surface area (Å²) in [6.07, 6.45) is 29.3. The van der Waals surface area contributed by atoms with Crippen LogP contribution in [0.2, 0.25) is 0 Å². The van der Waals surface area contributed by atoms with Crippen LogP contribution < -0.4 is 0 Å². The Bertz CT molecular complexity index is 585. The molecule has 0 saturated heterocycles. The Morgan fingerprint density at radius 3 is 1.45 bits per heavy atom. The molecule has 222 valence electrons. The first-order valence-corrected chi connectivity index (χ1v) is 16.1. The molecular weight excluding hydrogens is 472 g/mol. The standard InChI is InChI=1S/C34H62O4/c1-4-7-10-13-16-19-20-23-26-30(32(34(37)38)28-25-22-18-15-12-9-6-3)29-31(33(35)36)27-24-21-17-14-11-8-5-2/h5-6,30-32H,2-4,7-29H2,1H3,(H,35,36)(H,37,38). The van der Waals surface area contributed by atoms with Gasteiger partial charge in [-0.3, -0.25) is 9.59 Å². The third-order valence-electron chi connectivity index (χ3n) is 8.14. The SMILES string of the molecule is C=CCCCCCCCC(CC(CCCCCCCCCC)C(CCCCCCCC=C)C(=O)O)C(=O)O.